The summed E-state index contributed by atoms with van der Waals surface area (Å²) in [5.41, 5.74) is -0.389. The molecule has 5 nitrogen and oxygen atoms in total. The van der Waals surface area contributed by atoms with E-state index < -0.39 is 10.8 Å². The van der Waals surface area contributed by atoms with E-state index in [1.165, 1.54) is 6.33 Å². The average molecular weight is 250 g/mol. The van der Waals surface area contributed by atoms with Crippen molar-refractivity contribution in [3.05, 3.63) is 21.7 Å². The van der Waals surface area contributed by atoms with Crippen LogP contribution in [0.25, 0.3) is 0 Å². The molecular weight excluding hydrogens is 238 g/mol. The number of H-pyrrole nitrogens is 1. The van der Waals surface area contributed by atoms with Gasteiger partial charge in [0.25, 0.3) is 5.56 Å². The highest BCUT2D eigenvalue weighted by Gasteiger charge is 2.09. The van der Waals surface area contributed by atoms with Crippen LogP contribution in [-0.2, 0) is 10.8 Å². The molecule has 0 aliphatic heterocycles. The predicted octanol–water partition coefficient (Wildman–Crippen LogP) is 0.602. The van der Waals surface area contributed by atoms with Gasteiger partial charge in [0, 0.05) is 28.9 Å². The summed E-state index contributed by atoms with van der Waals surface area (Å²) in [7, 11) is -0.915. The molecule has 2 N–H and O–H groups in total. The van der Waals surface area contributed by atoms with E-state index in [4.69, 9.17) is 11.6 Å². The number of hydrogen-bond acceptors (Lipinski definition) is 4. The molecule has 0 aliphatic rings. The number of nitrogens with zero attached hydrogens (tertiary/aromatic N) is 1. The van der Waals surface area contributed by atoms with E-state index in [2.05, 4.69) is 15.3 Å². The Morgan fingerprint density at radius 3 is 3.00 bits per heavy atom. The molecule has 2 unspecified atom stereocenters. The Hall–Kier alpha value is -0.880. The van der Waals surface area contributed by atoms with E-state index in [-0.39, 0.29) is 15.8 Å². The zero-order chi connectivity index (χ0) is 11.4. The summed E-state index contributed by atoms with van der Waals surface area (Å²) in [5.74, 6) is 0.317. The fourth-order valence-electron chi connectivity index (χ4n) is 0.864. The molecule has 0 aliphatic carbocycles. The number of halogens is 1. The van der Waals surface area contributed by atoms with Crippen LogP contribution in [0.4, 0.5) is 5.82 Å². The van der Waals surface area contributed by atoms with Crippen molar-refractivity contribution in [3.8, 4) is 0 Å². The minimum absolute atomic E-state index is 0.0200. The van der Waals surface area contributed by atoms with Gasteiger partial charge in [-0.15, -0.1) is 0 Å². The average Bonchev–Trinajstić information content (AvgIpc) is 2.19. The summed E-state index contributed by atoms with van der Waals surface area (Å²) in [6.45, 7) is 2.30. The molecule has 0 radical (unpaired) electrons. The van der Waals surface area contributed by atoms with Crippen LogP contribution in [0.3, 0.4) is 0 Å². The monoisotopic (exact) mass is 249 g/mol. The summed E-state index contributed by atoms with van der Waals surface area (Å²) in [6, 6.07) is 0. The third-order valence-electron chi connectivity index (χ3n) is 1.92. The second-order valence-electron chi connectivity index (χ2n) is 3.08. The topological polar surface area (TPSA) is 74.8 Å². The van der Waals surface area contributed by atoms with E-state index in [9.17, 15) is 9.00 Å². The van der Waals surface area contributed by atoms with E-state index in [1.807, 2.05) is 6.92 Å². The van der Waals surface area contributed by atoms with E-state index in [0.29, 0.717) is 12.4 Å². The summed E-state index contributed by atoms with van der Waals surface area (Å²) < 4.78 is 11.1. The zero-order valence-electron chi connectivity index (χ0n) is 8.41. The maximum absolute atomic E-state index is 11.1. The molecule has 15 heavy (non-hydrogen) atoms. The fourth-order valence-corrected chi connectivity index (χ4v) is 1.35. The highest BCUT2D eigenvalue weighted by molar-refractivity contribution is 7.84. The van der Waals surface area contributed by atoms with Gasteiger partial charge >= 0.3 is 0 Å². The van der Waals surface area contributed by atoms with Crippen molar-refractivity contribution >= 4 is 28.2 Å². The van der Waals surface area contributed by atoms with Crippen LogP contribution in [0.5, 0.6) is 0 Å². The maximum Gasteiger partial charge on any atom is 0.271 e. The second-order valence-corrected chi connectivity index (χ2v) is 5.26. The number of hydrogen-bond donors (Lipinski definition) is 2. The Morgan fingerprint density at radius 1 is 1.73 bits per heavy atom. The molecule has 84 valence electrons. The van der Waals surface area contributed by atoms with Crippen LogP contribution >= 0.6 is 11.6 Å². The summed E-state index contributed by atoms with van der Waals surface area (Å²) in [5, 5.41) is 2.87. The van der Waals surface area contributed by atoms with Crippen molar-refractivity contribution in [2.45, 2.75) is 12.2 Å². The van der Waals surface area contributed by atoms with Crippen LogP contribution < -0.4 is 10.9 Å². The first-order chi connectivity index (χ1) is 7.02. The molecule has 0 amide bonds. The number of nitrogens with one attached hydrogen (secondary N) is 2. The van der Waals surface area contributed by atoms with Gasteiger partial charge in [0.1, 0.15) is 5.02 Å². The van der Waals surface area contributed by atoms with Crippen molar-refractivity contribution in [3.63, 3.8) is 0 Å². The molecule has 0 aromatic carbocycles. The third-order valence-corrected chi connectivity index (χ3v) is 3.57. The normalized spacial score (nSPS) is 14.6. The molecule has 0 spiro atoms. The molecule has 0 bridgehead atoms. The van der Waals surface area contributed by atoms with Gasteiger partial charge in [0.2, 0.25) is 0 Å². The standard InChI is InChI=1S/C8H12ClN3O2S/c1-5(15(2)14)3-10-7-6(9)8(13)12-4-11-7/h4-5H,3H2,1-2H3,(H2,10,11,12,13). The van der Waals surface area contributed by atoms with Gasteiger partial charge < -0.3 is 10.3 Å². The zero-order valence-corrected chi connectivity index (χ0v) is 9.98. The van der Waals surface area contributed by atoms with Crippen molar-refractivity contribution in [2.75, 3.05) is 18.1 Å². The van der Waals surface area contributed by atoms with Crippen LogP contribution in [-0.4, -0.2) is 32.2 Å². The predicted molar refractivity (Wildman–Crippen MR) is 61.9 cm³/mol. The molecule has 0 fully saturated rings. The van der Waals surface area contributed by atoms with Crippen molar-refractivity contribution in [1.29, 1.82) is 0 Å². The summed E-state index contributed by atoms with van der Waals surface area (Å²) in [4.78, 5) is 17.3. The molecule has 1 aromatic heterocycles. The van der Waals surface area contributed by atoms with Gasteiger partial charge in [-0.3, -0.25) is 9.00 Å². The summed E-state index contributed by atoms with van der Waals surface area (Å²) >= 11 is 5.71. The lowest BCUT2D eigenvalue weighted by atomic mass is 10.4. The highest BCUT2D eigenvalue weighted by Crippen LogP contribution is 2.12. The van der Waals surface area contributed by atoms with Crippen LogP contribution in [0.15, 0.2) is 11.1 Å². The Bertz CT molecular complexity index is 421. The van der Waals surface area contributed by atoms with Gasteiger partial charge in [-0.1, -0.05) is 11.6 Å². The van der Waals surface area contributed by atoms with Gasteiger partial charge in [0.05, 0.1) is 6.33 Å². The number of aromatic amines is 1. The van der Waals surface area contributed by atoms with Crippen molar-refractivity contribution < 1.29 is 4.21 Å². The molecule has 0 saturated carbocycles. The van der Waals surface area contributed by atoms with E-state index in [1.54, 1.807) is 6.26 Å². The van der Waals surface area contributed by atoms with Crippen LogP contribution in [0.1, 0.15) is 6.92 Å². The smallest absolute Gasteiger partial charge is 0.271 e. The van der Waals surface area contributed by atoms with Crippen LogP contribution in [0.2, 0.25) is 5.02 Å². The van der Waals surface area contributed by atoms with Gasteiger partial charge in [-0.25, -0.2) is 4.98 Å². The molecular formula is C8H12ClN3O2S. The first-order valence-corrected chi connectivity index (χ1v) is 6.31. The van der Waals surface area contributed by atoms with Crippen molar-refractivity contribution in [2.24, 2.45) is 0 Å². The largest absolute Gasteiger partial charge is 0.367 e. The van der Waals surface area contributed by atoms with E-state index in [0.717, 1.165) is 0 Å². The first kappa shape index (κ1) is 12.2. The lowest BCUT2D eigenvalue weighted by Gasteiger charge is -2.10. The molecule has 1 rings (SSSR count). The maximum atomic E-state index is 11.1. The molecule has 7 heteroatoms. The minimum Gasteiger partial charge on any atom is -0.367 e. The van der Waals surface area contributed by atoms with E-state index >= 15 is 0 Å². The van der Waals surface area contributed by atoms with Crippen molar-refractivity contribution in [1.82, 2.24) is 9.97 Å². The summed E-state index contributed by atoms with van der Waals surface area (Å²) in [6.07, 6.45) is 2.89. The SMILES string of the molecule is CC(CNc1nc[nH]c(=O)c1Cl)S(C)=O. The van der Waals surface area contributed by atoms with Gasteiger partial charge in [0.15, 0.2) is 5.82 Å². The Balaban J connectivity index is 2.70. The quantitative estimate of drug-likeness (QED) is 0.820. The molecule has 1 aromatic rings. The number of anilines is 1. The van der Waals surface area contributed by atoms with Crippen LogP contribution in [0, 0.1) is 0 Å². The Kier molecular flexibility index (Phi) is 4.28. The minimum atomic E-state index is -0.915. The molecule has 1 heterocycles. The molecule has 2 atom stereocenters. The Morgan fingerprint density at radius 2 is 2.40 bits per heavy atom. The lowest BCUT2D eigenvalue weighted by Crippen LogP contribution is -2.22. The fraction of sp³-hybridized carbons (Fsp3) is 0.500. The lowest BCUT2D eigenvalue weighted by molar-refractivity contribution is 0.678. The second kappa shape index (κ2) is 5.27. The highest BCUT2D eigenvalue weighted by atomic mass is 35.5. The number of aromatic nitrogens is 2. The number of rotatable bonds is 4. The Labute approximate surface area is 94.7 Å². The van der Waals surface area contributed by atoms with Gasteiger partial charge in [-0.2, -0.15) is 0 Å². The first-order valence-electron chi connectivity index (χ1n) is 4.31. The van der Waals surface area contributed by atoms with Gasteiger partial charge in [-0.05, 0) is 6.92 Å². The third kappa shape index (κ3) is 3.32. The molecule has 0 saturated heterocycles.